The van der Waals surface area contributed by atoms with Gasteiger partial charge in [0.05, 0.1) is 39.9 Å². The number of carbonyl (C=O) groups is 2. The molecule has 0 aliphatic rings. The van der Waals surface area contributed by atoms with E-state index in [9.17, 15) is 14.7 Å². The zero-order chi connectivity index (χ0) is 25.4. The average molecular weight is 475 g/mol. The van der Waals surface area contributed by atoms with Crippen LogP contribution in [0.2, 0.25) is 0 Å². The third kappa shape index (κ3) is 6.12. The number of ether oxygens (including phenoxy) is 5. The molecule has 0 heterocycles. The van der Waals surface area contributed by atoms with E-state index in [4.69, 9.17) is 23.7 Å². The Balaban J connectivity index is 2.85. The van der Waals surface area contributed by atoms with Gasteiger partial charge in [-0.2, -0.15) is 0 Å². The molecule has 186 valence electrons. The third-order valence-corrected chi connectivity index (χ3v) is 5.55. The van der Waals surface area contributed by atoms with Crippen LogP contribution in [0.1, 0.15) is 49.8 Å². The number of carbonyl (C=O) groups excluding carboxylic acids is 2. The lowest BCUT2D eigenvalue weighted by atomic mass is 9.84. The first-order valence-electron chi connectivity index (χ1n) is 11.0. The summed E-state index contributed by atoms with van der Waals surface area (Å²) in [7, 11) is 5.75. The van der Waals surface area contributed by atoms with Crippen LogP contribution in [-0.4, -0.2) is 51.9 Å². The summed E-state index contributed by atoms with van der Waals surface area (Å²) in [4.78, 5) is 25.0. The fraction of sp³-hybridized carbons (Fsp3) is 0.462. The fourth-order valence-electron chi connectivity index (χ4n) is 3.80. The van der Waals surface area contributed by atoms with Crippen molar-refractivity contribution in [2.45, 2.75) is 39.5 Å². The van der Waals surface area contributed by atoms with Crippen molar-refractivity contribution in [3.63, 3.8) is 0 Å². The highest BCUT2D eigenvalue weighted by Gasteiger charge is 2.32. The Kier molecular flexibility index (Phi) is 9.59. The molecule has 1 N–H and O–H groups in total. The van der Waals surface area contributed by atoms with E-state index >= 15 is 0 Å². The number of aromatic hydroxyl groups is 1. The minimum Gasteiger partial charge on any atom is -0.504 e. The van der Waals surface area contributed by atoms with Gasteiger partial charge in [-0.15, -0.1) is 0 Å². The molecule has 8 nitrogen and oxygen atoms in total. The van der Waals surface area contributed by atoms with Crippen molar-refractivity contribution in [2.75, 3.05) is 35.0 Å². The lowest BCUT2D eigenvalue weighted by molar-refractivity contribution is -0.142. The highest BCUT2D eigenvalue weighted by Crippen LogP contribution is 2.47. The topological polar surface area (TPSA) is 101 Å². The summed E-state index contributed by atoms with van der Waals surface area (Å²) in [5, 5.41) is 10.1. The van der Waals surface area contributed by atoms with Gasteiger partial charge in [-0.1, -0.05) is 19.9 Å². The first kappa shape index (κ1) is 26.8. The van der Waals surface area contributed by atoms with Crippen molar-refractivity contribution in [3.05, 3.63) is 41.0 Å². The Morgan fingerprint density at radius 3 is 2.12 bits per heavy atom. The van der Waals surface area contributed by atoms with E-state index < -0.39 is 11.9 Å². The number of hydrogen-bond acceptors (Lipinski definition) is 8. The standard InChI is InChI=1S/C26H34O8/c1-15(2)8-10-18-20(30-4)13-22(32-6)25(26(18)34-14-23(29)33-7)24(16(3)27)17-9-11-19(28)21(12-17)31-5/h9,11-13,15,24,28H,8,10,14H2,1-7H3. The van der Waals surface area contributed by atoms with Gasteiger partial charge in [0.1, 0.15) is 23.0 Å². The maximum atomic E-state index is 13.0. The summed E-state index contributed by atoms with van der Waals surface area (Å²) in [5.74, 6) is 0.262. The molecule has 2 aromatic rings. The van der Waals surface area contributed by atoms with Crippen LogP contribution >= 0.6 is 0 Å². The van der Waals surface area contributed by atoms with Crippen molar-refractivity contribution < 1.29 is 38.4 Å². The summed E-state index contributed by atoms with van der Waals surface area (Å²) in [5.41, 5.74) is 1.77. The van der Waals surface area contributed by atoms with E-state index in [2.05, 4.69) is 13.8 Å². The molecule has 0 aliphatic heterocycles. The van der Waals surface area contributed by atoms with Crippen LogP contribution in [0, 0.1) is 5.92 Å². The number of rotatable bonds is 12. The van der Waals surface area contributed by atoms with Gasteiger partial charge in [0.15, 0.2) is 18.1 Å². The number of benzene rings is 2. The summed E-state index contributed by atoms with van der Waals surface area (Å²) in [6, 6.07) is 6.44. The predicted octanol–water partition coefficient (Wildman–Crippen LogP) is 4.28. The molecule has 0 amide bonds. The molecule has 0 fully saturated rings. The van der Waals surface area contributed by atoms with E-state index in [0.29, 0.717) is 40.7 Å². The average Bonchev–Trinajstić information content (AvgIpc) is 2.81. The molecule has 0 saturated heterocycles. The van der Waals surface area contributed by atoms with Crippen LogP contribution in [0.4, 0.5) is 0 Å². The number of methoxy groups -OCH3 is 4. The second-order valence-corrected chi connectivity index (χ2v) is 8.27. The Morgan fingerprint density at radius 1 is 0.941 bits per heavy atom. The van der Waals surface area contributed by atoms with Gasteiger partial charge < -0.3 is 28.8 Å². The fourth-order valence-corrected chi connectivity index (χ4v) is 3.80. The van der Waals surface area contributed by atoms with Gasteiger partial charge in [0.25, 0.3) is 0 Å². The van der Waals surface area contributed by atoms with Crippen molar-refractivity contribution in [1.82, 2.24) is 0 Å². The number of Topliss-reactive ketones (excluding diaryl/α,β-unsaturated/α-hetero) is 1. The summed E-state index contributed by atoms with van der Waals surface area (Å²) in [6.07, 6.45) is 1.42. The maximum Gasteiger partial charge on any atom is 0.343 e. The van der Waals surface area contributed by atoms with Gasteiger partial charge in [0, 0.05) is 11.6 Å². The van der Waals surface area contributed by atoms with Crippen LogP contribution in [0.15, 0.2) is 24.3 Å². The second-order valence-electron chi connectivity index (χ2n) is 8.27. The van der Waals surface area contributed by atoms with Crippen molar-refractivity contribution >= 4 is 11.8 Å². The highest BCUT2D eigenvalue weighted by atomic mass is 16.6. The molecule has 8 heteroatoms. The Morgan fingerprint density at radius 2 is 1.59 bits per heavy atom. The van der Waals surface area contributed by atoms with Crippen molar-refractivity contribution in [1.29, 1.82) is 0 Å². The second kappa shape index (κ2) is 12.2. The number of ketones is 1. The Hall–Kier alpha value is -3.42. The van der Waals surface area contributed by atoms with Crippen LogP contribution < -0.4 is 18.9 Å². The van der Waals surface area contributed by atoms with Crippen molar-refractivity contribution in [2.24, 2.45) is 5.92 Å². The predicted molar refractivity (Wildman–Crippen MR) is 127 cm³/mol. The molecule has 1 unspecified atom stereocenters. The Bertz CT molecular complexity index is 1010. The molecule has 2 rings (SSSR count). The lowest BCUT2D eigenvalue weighted by Crippen LogP contribution is -2.19. The largest absolute Gasteiger partial charge is 0.504 e. The van der Waals surface area contributed by atoms with E-state index in [1.54, 1.807) is 25.3 Å². The molecule has 1 atom stereocenters. The first-order chi connectivity index (χ1) is 16.2. The zero-order valence-corrected chi connectivity index (χ0v) is 20.9. The van der Waals surface area contributed by atoms with Gasteiger partial charge in [-0.25, -0.2) is 4.79 Å². The molecule has 34 heavy (non-hydrogen) atoms. The number of esters is 1. The van der Waals surface area contributed by atoms with Gasteiger partial charge in [-0.3, -0.25) is 4.79 Å². The number of phenolic OH excluding ortho intramolecular Hbond substituents is 1. The molecule has 0 saturated carbocycles. The molecular weight excluding hydrogens is 440 g/mol. The van der Waals surface area contributed by atoms with E-state index in [0.717, 1.165) is 12.0 Å². The minimum atomic E-state index is -0.819. The van der Waals surface area contributed by atoms with E-state index in [-0.39, 0.29) is 23.9 Å². The van der Waals surface area contributed by atoms with Crippen molar-refractivity contribution in [3.8, 4) is 28.7 Å². The molecule has 0 aliphatic carbocycles. The minimum absolute atomic E-state index is 0.0463. The molecule has 0 aromatic heterocycles. The van der Waals surface area contributed by atoms with E-state index in [1.165, 1.54) is 34.3 Å². The van der Waals surface area contributed by atoms with Crippen LogP contribution in [0.3, 0.4) is 0 Å². The quantitative estimate of drug-likeness (QED) is 0.455. The molecule has 0 radical (unpaired) electrons. The third-order valence-electron chi connectivity index (χ3n) is 5.55. The summed E-state index contributed by atoms with van der Waals surface area (Å²) >= 11 is 0. The normalized spacial score (nSPS) is 11.6. The SMILES string of the molecule is COC(=O)COc1c(CCC(C)C)c(OC)cc(OC)c1C(C(C)=O)c1ccc(O)c(OC)c1. The molecule has 2 aromatic carbocycles. The molecular formula is C26H34O8. The van der Waals surface area contributed by atoms with Gasteiger partial charge in [-0.05, 0) is 43.4 Å². The number of phenols is 1. The smallest absolute Gasteiger partial charge is 0.343 e. The summed E-state index contributed by atoms with van der Waals surface area (Å²) < 4.78 is 27.3. The summed E-state index contributed by atoms with van der Waals surface area (Å²) in [6.45, 7) is 5.32. The zero-order valence-electron chi connectivity index (χ0n) is 20.9. The first-order valence-corrected chi connectivity index (χ1v) is 11.0. The number of hydrogen-bond donors (Lipinski definition) is 1. The maximum absolute atomic E-state index is 13.0. The van der Waals surface area contributed by atoms with Crippen LogP contribution in [0.25, 0.3) is 0 Å². The van der Waals surface area contributed by atoms with Gasteiger partial charge in [0.2, 0.25) is 0 Å². The van der Waals surface area contributed by atoms with Gasteiger partial charge >= 0.3 is 5.97 Å². The van der Waals surface area contributed by atoms with Crippen LogP contribution in [-0.2, 0) is 20.7 Å². The monoisotopic (exact) mass is 474 g/mol. The molecule has 0 bridgehead atoms. The molecule has 0 spiro atoms. The Labute approximate surface area is 200 Å². The lowest BCUT2D eigenvalue weighted by Gasteiger charge is -2.26. The highest BCUT2D eigenvalue weighted by molar-refractivity contribution is 5.89. The van der Waals surface area contributed by atoms with Crippen LogP contribution in [0.5, 0.6) is 28.7 Å². The van der Waals surface area contributed by atoms with E-state index in [1.807, 2.05) is 0 Å².